The zero-order chi connectivity index (χ0) is 13.0. The van der Waals surface area contributed by atoms with Crippen molar-refractivity contribution in [1.82, 2.24) is 0 Å². The molecule has 0 bridgehead atoms. The summed E-state index contributed by atoms with van der Waals surface area (Å²) in [5, 5.41) is 0. The third kappa shape index (κ3) is 4.41. The number of carbonyl (C=O) groups is 1. The van der Waals surface area contributed by atoms with E-state index in [4.69, 9.17) is 0 Å². The monoisotopic (exact) mass is 240 g/mol. The Balaban J connectivity index is 4.52. The van der Waals surface area contributed by atoms with Crippen molar-refractivity contribution in [1.29, 1.82) is 0 Å². The van der Waals surface area contributed by atoms with E-state index < -0.39 is 24.2 Å². The van der Waals surface area contributed by atoms with Crippen LogP contribution < -0.4 is 0 Å². The van der Waals surface area contributed by atoms with Crippen molar-refractivity contribution < 1.29 is 22.7 Å². The van der Waals surface area contributed by atoms with Crippen LogP contribution in [-0.2, 0) is 9.53 Å². The minimum absolute atomic E-state index is 0.0480. The number of ether oxygens (including phenoxy) is 1. The number of hydrogen-bond acceptors (Lipinski definition) is 2. The van der Waals surface area contributed by atoms with E-state index in [1.165, 1.54) is 0 Å². The Bertz CT molecular complexity index is 236. The third-order valence-corrected chi connectivity index (χ3v) is 2.88. The lowest BCUT2D eigenvalue weighted by Crippen LogP contribution is -2.36. The topological polar surface area (TPSA) is 26.3 Å². The summed E-state index contributed by atoms with van der Waals surface area (Å²) in [6.45, 7) is 5.66. The molecule has 0 amide bonds. The summed E-state index contributed by atoms with van der Waals surface area (Å²) in [7, 11) is 0. The molecule has 2 nitrogen and oxygen atoms in total. The molecule has 0 aromatic carbocycles. The Morgan fingerprint density at radius 1 is 1.31 bits per heavy atom. The molecule has 0 aliphatic carbocycles. The summed E-state index contributed by atoms with van der Waals surface area (Å²) in [5.74, 6) is -0.810. The predicted octanol–water partition coefficient (Wildman–Crippen LogP) is 3.55. The molecule has 0 radical (unpaired) electrons. The molecule has 16 heavy (non-hydrogen) atoms. The number of hydrogen-bond donors (Lipinski definition) is 0. The molecule has 0 fully saturated rings. The van der Waals surface area contributed by atoms with Crippen molar-refractivity contribution in [3.8, 4) is 0 Å². The molecule has 96 valence electrons. The van der Waals surface area contributed by atoms with Gasteiger partial charge in [-0.15, -0.1) is 0 Å². The zero-order valence-corrected chi connectivity index (χ0v) is 10.1. The van der Waals surface area contributed by atoms with E-state index in [1.54, 1.807) is 6.92 Å². The van der Waals surface area contributed by atoms with Gasteiger partial charge in [-0.1, -0.05) is 27.2 Å². The number of rotatable bonds is 5. The summed E-state index contributed by atoms with van der Waals surface area (Å²) in [6, 6.07) is 0. The number of alkyl halides is 3. The highest BCUT2D eigenvalue weighted by molar-refractivity contribution is 5.76. The SMILES string of the molecule is CCCC(C)(C(=O)OCC(F)(F)F)C(C)C. The Kier molecular flexibility index (Phi) is 5.29. The normalized spacial score (nSPS) is 16.0. The molecule has 5 heteroatoms. The van der Waals surface area contributed by atoms with E-state index in [0.29, 0.717) is 6.42 Å². The first-order valence-electron chi connectivity index (χ1n) is 5.37. The molecule has 0 saturated carbocycles. The number of halogens is 3. The van der Waals surface area contributed by atoms with Crippen molar-refractivity contribution in [3.05, 3.63) is 0 Å². The second kappa shape index (κ2) is 5.55. The predicted molar refractivity (Wildman–Crippen MR) is 54.9 cm³/mol. The molecule has 0 saturated heterocycles. The van der Waals surface area contributed by atoms with Gasteiger partial charge in [-0.2, -0.15) is 13.2 Å². The van der Waals surface area contributed by atoms with Crippen molar-refractivity contribution in [2.24, 2.45) is 11.3 Å². The van der Waals surface area contributed by atoms with Crippen molar-refractivity contribution in [2.75, 3.05) is 6.61 Å². The second-order valence-corrected chi connectivity index (χ2v) is 4.51. The van der Waals surface area contributed by atoms with E-state index in [-0.39, 0.29) is 5.92 Å². The molecule has 0 aromatic rings. The van der Waals surface area contributed by atoms with E-state index in [1.807, 2.05) is 20.8 Å². The maximum absolute atomic E-state index is 11.9. The van der Waals surface area contributed by atoms with Crippen LogP contribution in [0.25, 0.3) is 0 Å². The van der Waals surface area contributed by atoms with Gasteiger partial charge < -0.3 is 4.74 Å². The molecule has 0 spiro atoms. The lowest BCUT2D eigenvalue weighted by atomic mass is 9.75. The van der Waals surface area contributed by atoms with E-state index in [2.05, 4.69) is 4.74 Å². The Labute approximate surface area is 94.2 Å². The zero-order valence-electron chi connectivity index (χ0n) is 10.1. The van der Waals surface area contributed by atoms with E-state index in [9.17, 15) is 18.0 Å². The minimum Gasteiger partial charge on any atom is -0.456 e. The highest BCUT2D eigenvalue weighted by Crippen LogP contribution is 2.34. The summed E-state index contributed by atoms with van der Waals surface area (Å²) in [4.78, 5) is 11.6. The van der Waals surface area contributed by atoms with Crippen molar-refractivity contribution in [3.63, 3.8) is 0 Å². The Morgan fingerprint density at radius 2 is 1.81 bits per heavy atom. The van der Waals surface area contributed by atoms with Gasteiger partial charge in [0.2, 0.25) is 0 Å². The third-order valence-electron chi connectivity index (χ3n) is 2.88. The van der Waals surface area contributed by atoms with Gasteiger partial charge in [0.05, 0.1) is 5.41 Å². The maximum Gasteiger partial charge on any atom is 0.422 e. The van der Waals surface area contributed by atoms with Gasteiger partial charge in [0.25, 0.3) is 0 Å². The minimum atomic E-state index is -4.46. The maximum atomic E-state index is 11.9. The molecule has 0 N–H and O–H groups in total. The summed E-state index contributed by atoms with van der Waals surface area (Å²) in [5.41, 5.74) is -0.833. The van der Waals surface area contributed by atoms with Gasteiger partial charge in [0, 0.05) is 0 Å². The van der Waals surface area contributed by atoms with Gasteiger partial charge in [-0.05, 0) is 19.3 Å². The summed E-state index contributed by atoms with van der Waals surface area (Å²) in [6.07, 6.45) is -3.20. The van der Waals surface area contributed by atoms with Gasteiger partial charge in [0.15, 0.2) is 6.61 Å². The fourth-order valence-electron chi connectivity index (χ4n) is 1.46. The fourth-order valence-corrected chi connectivity index (χ4v) is 1.46. The van der Waals surface area contributed by atoms with Gasteiger partial charge in [-0.3, -0.25) is 4.79 Å². The van der Waals surface area contributed by atoms with E-state index in [0.717, 1.165) is 6.42 Å². The van der Waals surface area contributed by atoms with Crippen LogP contribution in [0.1, 0.15) is 40.5 Å². The lowest BCUT2D eigenvalue weighted by Gasteiger charge is -2.31. The standard InChI is InChI=1S/C11H19F3O2/c1-5-6-10(4,8(2)3)9(15)16-7-11(12,13)14/h8H,5-7H2,1-4H3. The second-order valence-electron chi connectivity index (χ2n) is 4.51. The molecule has 0 aliphatic rings. The van der Waals surface area contributed by atoms with Crippen LogP contribution in [0.4, 0.5) is 13.2 Å². The quantitative estimate of drug-likeness (QED) is 0.687. The van der Waals surface area contributed by atoms with Crippen LogP contribution in [0.5, 0.6) is 0 Å². The average molecular weight is 240 g/mol. The smallest absolute Gasteiger partial charge is 0.422 e. The molecule has 0 rings (SSSR count). The van der Waals surface area contributed by atoms with Crippen LogP contribution >= 0.6 is 0 Å². The first kappa shape index (κ1) is 15.3. The van der Waals surface area contributed by atoms with Crippen LogP contribution in [0.3, 0.4) is 0 Å². The molecule has 0 heterocycles. The first-order valence-corrected chi connectivity index (χ1v) is 5.37. The van der Waals surface area contributed by atoms with Crippen molar-refractivity contribution in [2.45, 2.75) is 46.7 Å². The van der Waals surface area contributed by atoms with Gasteiger partial charge >= 0.3 is 12.1 Å². The summed E-state index contributed by atoms with van der Waals surface area (Å²) < 4.78 is 40.1. The fraction of sp³-hybridized carbons (Fsp3) is 0.909. The van der Waals surface area contributed by atoms with Crippen LogP contribution in [0.15, 0.2) is 0 Å². The van der Waals surface area contributed by atoms with Gasteiger partial charge in [-0.25, -0.2) is 0 Å². The molecule has 0 aliphatic heterocycles. The molecular formula is C11H19F3O2. The van der Waals surface area contributed by atoms with Gasteiger partial charge in [0.1, 0.15) is 0 Å². The Morgan fingerprint density at radius 3 is 2.12 bits per heavy atom. The largest absolute Gasteiger partial charge is 0.456 e. The van der Waals surface area contributed by atoms with Crippen LogP contribution in [-0.4, -0.2) is 18.8 Å². The summed E-state index contributed by atoms with van der Waals surface area (Å²) >= 11 is 0. The first-order chi connectivity index (χ1) is 7.13. The van der Waals surface area contributed by atoms with E-state index >= 15 is 0 Å². The molecule has 1 unspecified atom stereocenters. The highest BCUT2D eigenvalue weighted by Gasteiger charge is 2.39. The van der Waals surface area contributed by atoms with Crippen LogP contribution in [0.2, 0.25) is 0 Å². The molecular weight excluding hydrogens is 221 g/mol. The lowest BCUT2D eigenvalue weighted by molar-refractivity contribution is -0.195. The Hall–Kier alpha value is -0.740. The van der Waals surface area contributed by atoms with Crippen LogP contribution in [0, 0.1) is 11.3 Å². The van der Waals surface area contributed by atoms with Crippen molar-refractivity contribution >= 4 is 5.97 Å². The molecule has 1 atom stereocenters. The average Bonchev–Trinajstić information content (AvgIpc) is 2.12. The number of esters is 1. The highest BCUT2D eigenvalue weighted by atomic mass is 19.4. The molecule has 0 aromatic heterocycles. The number of carbonyl (C=O) groups excluding carboxylic acids is 1.